The van der Waals surface area contributed by atoms with Crippen LogP contribution in [0.2, 0.25) is 5.02 Å². The van der Waals surface area contributed by atoms with Crippen LogP contribution in [0.1, 0.15) is 19.5 Å². The molecule has 0 radical (unpaired) electrons. The van der Waals surface area contributed by atoms with Crippen molar-refractivity contribution in [2.24, 2.45) is 0 Å². The van der Waals surface area contributed by atoms with E-state index in [-0.39, 0.29) is 0 Å². The summed E-state index contributed by atoms with van der Waals surface area (Å²) in [7, 11) is 0. The summed E-state index contributed by atoms with van der Waals surface area (Å²) < 4.78 is 0. The van der Waals surface area contributed by atoms with E-state index in [1.165, 1.54) is 0 Å². The predicted molar refractivity (Wildman–Crippen MR) is 62.4 cm³/mol. The van der Waals surface area contributed by atoms with Crippen LogP contribution in [0, 0.1) is 0 Å². The number of fused-ring (bicyclic) bond motifs is 1. The molecule has 0 saturated heterocycles. The third-order valence-corrected chi connectivity index (χ3v) is 2.81. The first-order valence-corrected chi connectivity index (χ1v) is 5.16. The third-order valence-electron chi connectivity index (χ3n) is 2.57. The molecule has 0 spiro atoms. The van der Waals surface area contributed by atoms with Gasteiger partial charge in [-0.25, -0.2) is 0 Å². The Kier molecular flexibility index (Phi) is 2.31. The average molecular weight is 222 g/mol. The van der Waals surface area contributed by atoms with Crippen molar-refractivity contribution in [1.29, 1.82) is 0 Å². The predicted octanol–water partition coefficient (Wildman–Crippen LogP) is 3.30. The molecule has 2 nitrogen and oxygen atoms in total. The van der Waals surface area contributed by atoms with Crippen molar-refractivity contribution in [1.82, 2.24) is 4.98 Å². The van der Waals surface area contributed by atoms with Gasteiger partial charge in [0.15, 0.2) is 0 Å². The Balaban J connectivity index is 2.61. The minimum absolute atomic E-state index is 0.481. The first-order chi connectivity index (χ1) is 7.03. The molecule has 0 fully saturated rings. The molecule has 0 saturated carbocycles. The van der Waals surface area contributed by atoms with Gasteiger partial charge in [-0.3, -0.25) is 0 Å². The van der Waals surface area contributed by atoms with E-state index < -0.39 is 5.41 Å². The van der Waals surface area contributed by atoms with Crippen molar-refractivity contribution in [3.05, 3.63) is 35.0 Å². The number of carbonyl (C=O) groups is 1. The Morgan fingerprint density at radius 1 is 1.33 bits per heavy atom. The number of hydrogen-bond acceptors (Lipinski definition) is 1. The fraction of sp³-hybridized carbons (Fsp3) is 0.250. The third kappa shape index (κ3) is 1.77. The van der Waals surface area contributed by atoms with Crippen LogP contribution < -0.4 is 0 Å². The number of aromatic nitrogens is 1. The van der Waals surface area contributed by atoms with E-state index in [4.69, 9.17) is 11.6 Å². The van der Waals surface area contributed by atoms with Crippen LogP contribution in [0.5, 0.6) is 0 Å². The van der Waals surface area contributed by atoms with Gasteiger partial charge in [0.25, 0.3) is 0 Å². The highest BCUT2D eigenvalue weighted by atomic mass is 35.5. The molecule has 0 atom stereocenters. The lowest BCUT2D eigenvalue weighted by Crippen LogP contribution is -2.18. The van der Waals surface area contributed by atoms with E-state index in [9.17, 15) is 4.79 Å². The van der Waals surface area contributed by atoms with Gasteiger partial charge in [-0.1, -0.05) is 11.6 Å². The van der Waals surface area contributed by atoms with Gasteiger partial charge in [0.05, 0.1) is 5.41 Å². The van der Waals surface area contributed by atoms with Crippen LogP contribution in [-0.4, -0.2) is 11.3 Å². The molecule has 1 aromatic heterocycles. The molecule has 3 heteroatoms. The Hall–Kier alpha value is -1.28. The van der Waals surface area contributed by atoms with E-state index in [2.05, 4.69) is 4.98 Å². The Labute approximate surface area is 93.2 Å². The number of hydrogen-bond donors (Lipinski definition) is 1. The van der Waals surface area contributed by atoms with E-state index in [1.54, 1.807) is 0 Å². The molecule has 0 aliphatic carbocycles. The number of aldehydes is 1. The van der Waals surface area contributed by atoms with E-state index in [0.717, 1.165) is 22.9 Å². The van der Waals surface area contributed by atoms with Crippen LogP contribution in [0.15, 0.2) is 24.3 Å². The molecule has 2 aromatic rings. The zero-order valence-corrected chi connectivity index (χ0v) is 9.43. The molecule has 78 valence electrons. The molecule has 2 rings (SSSR count). The van der Waals surface area contributed by atoms with Crippen molar-refractivity contribution in [2.75, 3.05) is 0 Å². The average Bonchev–Trinajstić information content (AvgIpc) is 2.61. The maximum atomic E-state index is 10.9. The van der Waals surface area contributed by atoms with Crippen LogP contribution >= 0.6 is 11.6 Å². The number of carbonyl (C=O) groups excluding carboxylic acids is 1. The second kappa shape index (κ2) is 3.38. The zero-order chi connectivity index (χ0) is 11.1. The minimum Gasteiger partial charge on any atom is -0.358 e. The summed E-state index contributed by atoms with van der Waals surface area (Å²) >= 11 is 5.89. The lowest BCUT2D eigenvalue weighted by Gasteiger charge is -2.13. The maximum absolute atomic E-state index is 10.9. The second-order valence-electron chi connectivity index (χ2n) is 4.25. The molecular formula is C12H12ClNO. The van der Waals surface area contributed by atoms with Crippen molar-refractivity contribution in [3.8, 4) is 0 Å². The van der Waals surface area contributed by atoms with Gasteiger partial charge < -0.3 is 9.78 Å². The molecule has 0 amide bonds. The monoisotopic (exact) mass is 221 g/mol. The van der Waals surface area contributed by atoms with Crippen LogP contribution in [-0.2, 0) is 10.2 Å². The number of benzene rings is 1. The topological polar surface area (TPSA) is 32.9 Å². The summed E-state index contributed by atoms with van der Waals surface area (Å²) in [6, 6.07) is 7.60. The Bertz CT molecular complexity index is 513. The van der Waals surface area contributed by atoms with Gasteiger partial charge in [0.2, 0.25) is 0 Å². The summed E-state index contributed by atoms with van der Waals surface area (Å²) in [5.74, 6) is 0. The van der Waals surface area contributed by atoms with Gasteiger partial charge in [-0.05, 0) is 38.1 Å². The standard InChI is InChI=1S/C12H12ClNO/c1-12(2,7-15)11-6-8-5-9(13)3-4-10(8)14-11/h3-7,14H,1-2H3. The smallest absolute Gasteiger partial charge is 0.131 e. The van der Waals surface area contributed by atoms with Crippen molar-refractivity contribution in [3.63, 3.8) is 0 Å². The highest BCUT2D eigenvalue weighted by molar-refractivity contribution is 6.31. The zero-order valence-electron chi connectivity index (χ0n) is 8.67. The number of nitrogens with one attached hydrogen (secondary N) is 1. The van der Waals surface area contributed by atoms with Crippen LogP contribution in [0.4, 0.5) is 0 Å². The van der Waals surface area contributed by atoms with Crippen molar-refractivity contribution >= 4 is 28.8 Å². The SMILES string of the molecule is CC(C)(C=O)c1cc2cc(Cl)ccc2[nH]1. The van der Waals surface area contributed by atoms with Gasteiger partial charge >= 0.3 is 0 Å². The fourth-order valence-corrected chi connectivity index (χ4v) is 1.69. The number of H-pyrrole nitrogens is 1. The fourth-order valence-electron chi connectivity index (χ4n) is 1.51. The highest BCUT2D eigenvalue weighted by Crippen LogP contribution is 2.26. The normalized spacial score (nSPS) is 11.9. The largest absolute Gasteiger partial charge is 0.358 e. The highest BCUT2D eigenvalue weighted by Gasteiger charge is 2.21. The summed E-state index contributed by atoms with van der Waals surface area (Å²) in [6.45, 7) is 3.76. The molecule has 15 heavy (non-hydrogen) atoms. The summed E-state index contributed by atoms with van der Waals surface area (Å²) in [5.41, 5.74) is 1.44. The van der Waals surface area contributed by atoms with Crippen molar-refractivity contribution < 1.29 is 4.79 Å². The van der Waals surface area contributed by atoms with Gasteiger partial charge in [-0.15, -0.1) is 0 Å². The lowest BCUT2D eigenvalue weighted by molar-refractivity contribution is -0.111. The number of rotatable bonds is 2. The molecule has 1 heterocycles. The molecule has 0 aliphatic rings. The number of halogens is 1. The summed E-state index contributed by atoms with van der Waals surface area (Å²) in [6.07, 6.45) is 0.944. The first kappa shape index (κ1) is 10.2. The first-order valence-electron chi connectivity index (χ1n) is 4.78. The Morgan fingerprint density at radius 3 is 2.73 bits per heavy atom. The maximum Gasteiger partial charge on any atom is 0.131 e. The van der Waals surface area contributed by atoms with E-state index >= 15 is 0 Å². The van der Waals surface area contributed by atoms with Crippen LogP contribution in [0.3, 0.4) is 0 Å². The summed E-state index contributed by atoms with van der Waals surface area (Å²) in [5, 5.41) is 1.74. The summed E-state index contributed by atoms with van der Waals surface area (Å²) in [4.78, 5) is 14.1. The quantitative estimate of drug-likeness (QED) is 0.776. The van der Waals surface area contributed by atoms with E-state index in [0.29, 0.717) is 5.02 Å². The molecule has 0 bridgehead atoms. The van der Waals surface area contributed by atoms with Gasteiger partial charge in [0.1, 0.15) is 6.29 Å². The van der Waals surface area contributed by atoms with Gasteiger partial charge in [-0.2, -0.15) is 0 Å². The molecule has 1 N–H and O–H groups in total. The Morgan fingerprint density at radius 2 is 2.07 bits per heavy atom. The molecule has 0 unspecified atom stereocenters. The number of aromatic amines is 1. The van der Waals surface area contributed by atoms with Crippen LogP contribution in [0.25, 0.3) is 10.9 Å². The molecule has 1 aromatic carbocycles. The minimum atomic E-state index is -0.481. The lowest BCUT2D eigenvalue weighted by atomic mass is 9.91. The molecule has 0 aliphatic heterocycles. The van der Waals surface area contributed by atoms with Gasteiger partial charge in [0, 0.05) is 21.6 Å². The van der Waals surface area contributed by atoms with E-state index in [1.807, 2.05) is 38.1 Å². The molecular weight excluding hydrogens is 210 g/mol. The van der Waals surface area contributed by atoms with Crippen molar-refractivity contribution in [2.45, 2.75) is 19.3 Å². The second-order valence-corrected chi connectivity index (χ2v) is 4.69.